The number of hydrogen-bond acceptors (Lipinski definition) is 1. The molecule has 0 aromatic rings. The summed E-state index contributed by atoms with van der Waals surface area (Å²) in [5.74, 6) is 0.525. The molecule has 0 saturated heterocycles. The molecule has 2 unspecified atom stereocenters. The van der Waals surface area contributed by atoms with Gasteiger partial charge in [-0.2, -0.15) is 0 Å². The van der Waals surface area contributed by atoms with Gasteiger partial charge in [0.25, 0.3) is 0 Å². The fourth-order valence-corrected chi connectivity index (χ4v) is 0.801. The van der Waals surface area contributed by atoms with Gasteiger partial charge < -0.3 is 4.79 Å². The van der Waals surface area contributed by atoms with Crippen LogP contribution in [0.15, 0.2) is 11.6 Å². The fraction of sp³-hybridized carbons (Fsp3) is 0.667. The molecule has 0 bridgehead atoms. The Labute approximate surface area is 63.1 Å². The van der Waals surface area contributed by atoms with Crippen molar-refractivity contribution < 1.29 is 4.79 Å². The fourth-order valence-electron chi connectivity index (χ4n) is 0.801. The zero-order valence-corrected chi connectivity index (χ0v) is 7.22. The Morgan fingerprint density at radius 2 is 1.70 bits per heavy atom. The van der Waals surface area contributed by atoms with Crippen LogP contribution in [0.1, 0.15) is 27.7 Å². The third-order valence-electron chi connectivity index (χ3n) is 1.64. The highest BCUT2D eigenvalue weighted by Gasteiger charge is 2.06. The quantitative estimate of drug-likeness (QED) is 0.434. The summed E-state index contributed by atoms with van der Waals surface area (Å²) in [6.45, 7) is 8.10. The second kappa shape index (κ2) is 4.26. The third kappa shape index (κ3) is 3.44. The number of rotatable bonds is 3. The first-order chi connectivity index (χ1) is 4.57. The van der Waals surface area contributed by atoms with E-state index in [0.29, 0.717) is 5.92 Å². The summed E-state index contributed by atoms with van der Waals surface area (Å²) >= 11 is 0. The van der Waals surface area contributed by atoms with Gasteiger partial charge in [-0.25, -0.2) is 0 Å². The van der Waals surface area contributed by atoms with E-state index in [0.717, 1.165) is 6.29 Å². The van der Waals surface area contributed by atoms with E-state index in [-0.39, 0.29) is 5.92 Å². The predicted molar refractivity (Wildman–Crippen MR) is 43.8 cm³/mol. The molecule has 0 spiro atoms. The highest BCUT2D eigenvalue weighted by Crippen LogP contribution is 2.11. The Kier molecular flexibility index (Phi) is 4.01. The highest BCUT2D eigenvalue weighted by molar-refractivity contribution is 5.53. The van der Waals surface area contributed by atoms with E-state index < -0.39 is 0 Å². The summed E-state index contributed by atoms with van der Waals surface area (Å²) in [6.07, 6.45) is 3.13. The maximum absolute atomic E-state index is 10.3. The van der Waals surface area contributed by atoms with Crippen molar-refractivity contribution in [3.05, 3.63) is 11.6 Å². The largest absolute Gasteiger partial charge is 0.303 e. The maximum atomic E-state index is 10.3. The number of carbonyl (C=O) groups is 1. The Morgan fingerprint density at radius 3 is 2.00 bits per heavy atom. The van der Waals surface area contributed by atoms with E-state index in [1.54, 1.807) is 0 Å². The van der Waals surface area contributed by atoms with Crippen molar-refractivity contribution in [1.29, 1.82) is 0 Å². The molecular weight excluding hydrogens is 124 g/mol. The van der Waals surface area contributed by atoms with Crippen LogP contribution >= 0.6 is 0 Å². The number of hydrogen-bond donors (Lipinski definition) is 0. The van der Waals surface area contributed by atoms with Crippen LogP contribution in [-0.2, 0) is 4.79 Å². The number of allylic oxidation sites excluding steroid dienone is 2. The van der Waals surface area contributed by atoms with Crippen LogP contribution in [-0.4, -0.2) is 6.29 Å². The van der Waals surface area contributed by atoms with Gasteiger partial charge >= 0.3 is 0 Å². The molecule has 2 atom stereocenters. The molecule has 0 aromatic heterocycles. The molecule has 1 heteroatoms. The molecule has 1 nitrogen and oxygen atoms in total. The monoisotopic (exact) mass is 140 g/mol. The predicted octanol–water partition coefficient (Wildman–Crippen LogP) is 2.42. The normalized spacial score (nSPS) is 15.6. The molecular formula is C9H16O. The molecule has 0 aliphatic carbocycles. The molecule has 0 aromatic carbocycles. The van der Waals surface area contributed by atoms with E-state index in [4.69, 9.17) is 0 Å². The van der Waals surface area contributed by atoms with Crippen molar-refractivity contribution in [2.45, 2.75) is 27.7 Å². The van der Waals surface area contributed by atoms with Gasteiger partial charge in [-0.05, 0) is 19.8 Å². The lowest BCUT2D eigenvalue weighted by molar-refractivity contribution is -0.111. The Bertz CT molecular complexity index is 132. The van der Waals surface area contributed by atoms with E-state index in [2.05, 4.69) is 13.0 Å². The van der Waals surface area contributed by atoms with E-state index in [1.807, 2.05) is 20.8 Å². The topological polar surface area (TPSA) is 17.1 Å². The molecule has 0 saturated carbocycles. The average Bonchev–Trinajstić information content (AvgIpc) is 1.85. The van der Waals surface area contributed by atoms with Crippen LogP contribution < -0.4 is 0 Å². The number of aldehydes is 1. The van der Waals surface area contributed by atoms with Crippen LogP contribution in [0, 0.1) is 11.8 Å². The summed E-state index contributed by atoms with van der Waals surface area (Å²) in [6, 6.07) is 0. The summed E-state index contributed by atoms with van der Waals surface area (Å²) < 4.78 is 0. The average molecular weight is 140 g/mol. The summed E-state index contributed by atoms with van der Waals surface area (Å²) in [5.41, 5.74) is 1.28. The second-order valence-corrected chi connectivity index (χ2v) is 3.10. The van der Waals surface area contributed by atoms with E-state index in [9.17, 15) is 4.79 Å². The van der Waals surface area contributed by atoms with Gasteiger partial charge in [0.15, 0.2) is 0 Å². The molecule has 58 valence electrons. The molecule has 0 fully saturated rings. The first-order valence-corrected chi connectivity index (χ1v) is 3.68. The van der Waals surface area contributed by atoms with Gasteiger partial charge in [-0.1, -0.05) is 25.5 Å². The molecule has 0 aliphatic rings. The highest BCUT2D eigenvalue weighted by atomic mass is 16.1. The number of carbonyl (C=O) groups excluding carboxylic acids is 1. The summed E-state index contributed by atoms with van der Waals surface area (Å²) in [4.78, 5) is 10.3. The summed E-state index contributed by atoms with van der Waals surface area (Å²) in [5, 5.41) is 0. The van der Waals surface area contributed by atoms with Gasteiger partial charge in [0.2, 0.25) is 0 Å². The minimum Gasteiger partial charge on any atom is -0.303 e. The van der Waals surface area contributed by atoms with Crippen LogP contribution in [0.3, 0.4) is 0 Å². The molecule has 0 radical (unpaired) electrons. The minimum absolute atomic E-state index is 0.148. The lowest BCUT2D eigenvalue weighted by atomic mass is 9.96. The minimum atomic E-state index is 0.148. The molecule has 0 aliphatic heterocycles. The van der Waals surface area contributed by atoms with E-state index >= 15 is 0 Å². The van der Waals surface area contributed by atoms with Crippen LogP contribution in [0.4, 0.5) is 0 Å². The Balaban J connectivity index is 3.95. The summed E-state index contributed by atoms with van der Waals surface area (Å²) in [7, 11) is 0. The zero-order valence-electron chi connectivity index (χ0n) is 7.22. The SMILES string of the molecule is CC(C)=CC(C)C(C)C=O. The van der Waals surface area contributed by atoms with Crippen molar-refractivity contribution in [3.8, 4) is 0 Å². The third-order valence-corrected chi connectivity index (χ3v) is 1.64. The van der Waals surface area contributed by atoms with Gasteiger partial charge in [-0.3, -0.25) is 0 Å². The molecule has 10 heavy (non-hydrogen) atoms. The molecule has 0 amide bonds. The Hall–Kier alpha value is -0.590. The lowest BCUT2D eigenvalue weighted by Gasteiger charge is -2.08. The second-order valence-electron chi connectivity index (χ2n) is 3.10. The van der Waals surface area contributed by atoms with Crippen molar-refractivity contribution in [1.82, 2.24) is 0 Å². The Morgan fingerprint density at radius 1 is 1.20 bits per heavy atom. The van der Waals surface area contributed by atoms with Crippen molar-refractivity contribution >= 4 is 6.29 Å². The smallest absolute Gasteiger partial charge is 0.123 e. The van der Waals surface area contributed by atoms with Crippen molar-refractivity contribution in [2.24, 2.45) is 11.8 Å². The first-order valence-electron chi connectivity index (χ1n) is 3.68. The standard InChI is InChI=1S/C9H16O/c1-7(2)5-8(3)9(4)6-10/h5-6,8-9H,1-4H3. The van der Waals surface area contributed by atoms with Gasteiger partial charge in [-0.15, -0.1) is 0 Å². The van der Waals surface area contributed by atoms with Crippen LogP contribution in [0.25, 0.3) is 0 Å². The van der Waals surface area contributed by atoms with Crippen molar-refractivity contribution in [3.63, 3.8) is 0 Å². The molecule has 0 N–H and O–H groups in total. The molecule has 0 rings (SSSR count). The molecule has 0 heterocycles. The van der Waals surface area contributed by atoms with Crippen molar-refractivity contribution in [2.75, 3.05) is 0 Å². The van der Waals surface area contributed by atoms with Gasteiger partial charge in [0.05, 0.1) is 0 Å². The maximum Gasteiger partial charge on any atom is 0.123 e. The van der Waals surface area contributed by atoms with Gasteiger partial charge in [0, 0.05) is 5.92 Å². The van der Waals surface area contributed by atoms with Crippen LogP contribution in [0.2, 0.25) is 0 Å². The van der Waals surface area contributed by atoms with Gasteiger partial charge in [0.1, 0.15) is 6.29 Å². The van der Waals surface area contributed by atoms with E-state index in [1.165, 1.54) is 5.57 Å². The zero-order chi connectivity index (χ0) is 8.15. The first kappa shape index (κ1) is 9.41. The lowest BCUT2D eigenvalue weighted by Crippen LogP contribution is -2.06. The van der Waals surface area contributed by atoms with Crippen LogP contribution in [0.5, 0.6) is 0 Å².